The molecule has 1 N–H and O–H groups in total. The third-order valence-electron chi connectivity index (χ3n) is 3.92. The summed E-state index contributed by atoms with van der Waals surface area (Å²) in [4.78, 5) is 6.88. The van der Waals surface area contributed by atoms with Crippen LogP contribution in [0.3, 0.4) is 0 Å². The van der Waals surface area contributed by atoms with Gasteiger partial charge in [-0.2, -0.15) is 0 Å². The number of nitrogens with zero attached hydrogens (tertiary/aromatic N) is 2. The van der Waals surface area contributed by atoms with Gasteiger partial charge in [0.15, 0.2) is 0 Å². The van der Waals surface area contributed by atoms with E-state index in [0.717, 1.165) is 12.1 Å². The fourth-order valence-electron chi connectivity index (χ4n) is 2.78. The number of hydrogen-bond acceptors (Lipinski definition) is 3. The second-order valence-corrected chi connectivity index (χ2v) is 5.63. The Morgan fingerprint density at radius 2 is 2.21 bits per heavy atom. The van der Waals surface area contributed by atoms with Gasteiger partial charge in [-0.1, -0.05) is 6.07 Å². The van der Waals surface area contributed by atoms with E-state index in [2.05, 4.69) is 53.3 Å². The molecular weight excluding hydrogens is 234 g/mol. The van der Waals surface area contributed by atoms with Crippen molar-refractivity contribution in [2.75, 3.05) is 18.4 Å². The van der Waals surface area contributed by atoms with Crippen molar-refractivity contribution in [3.8, 4) is 0 Å². The molecule has 2 heterocycles. The van der Waals surface area contributed by atoms with Crippen molar-refractivity contribution in [1.29, 1.82) is 0 Å². The fourth-order valence-corrected chi connectivity index (χ4v) is 2.78. The SMILES string of the molecule is CC(C)N1CCC(Nc2ccc3ncccc3c2)C1. The summed E-state index contributed by atoms with van der Waals surface area (Å²) in [5, 5.41) is 4.85. The van der Waals surface area contributed by atoms with Crippen molar-refractivity contribution in [2.45, 2.75) is 32.4 Å². The quantitative estimate of drug-likeness (QED) is 0.913. The number of hydrogen-bond donors (Lipinski definition) is 1. The van der Waals surface area contributed by atoms with Crippen molar-refractivity contribution >= 4 is 16.6 Å². The largest absolute Gasteiger partial charge is 0.381 e. The molecule has 1 aromatic carbocycles. The first kappa shape index (κ1) is 12.4. The van der Waals surface area contributed by atoms with Gasteiger partial charge in [0.2, 0.25) is 0 Å². The predicted molar refractivity (Wildman–Crippen MR) is 80.5 cm³/mol. The number of likely N-dealkylation sites (tertiary alicyclic amines) is 1. The Balaban J connectivity index is 1.72. The molecule has 3 nitrogen and oxygen atoms in total. The van der Waals surface area contributed by atoms with E-state index in [4.69, 9.17) is 0 Å². The standard InChI is InChI=1S/C16H21N3/c1-12(2)19-9-7-15(11-19)18-14-5-6-16-13(10-14)4-3-8-17-16/h3-6,8,10,12,15,18H,7,9,11H2,1-2H3. The molecule has 19 heavy (non-hydrogen) atoms. The Morgan fingerprint density at radius 1 is 1.32 bits per heavy atom. The van der Waals surface area contributed by atoms with E-state index in [1.54, 1.807) is 0 Å². The van der Waals surface area contributed by atoms with E-state index in [1.807, 2.05) is 12.3 Å². The average molecular weight is 255 g/mol. The minimum atomic E-state index is 0.566. The van der Waals surface area contributed by atoms with Crippen molar-refractivity contribution < 1.29 is 0 Å². The molecule has 0 spiro atoms. The first-order valence-electron chi connectivity index (χ1n) is 7.08. The molecule has 0 radical (unpaired) electrons. The minimum absolute atomic E-state index is 0.566. The van der Waals surface area contributed by atoms with Gasteiger partial charge in [0.25, 0.3) is 0 Å². The van der Waals surface area contributed by atoms with Gasteiger partial charge in [-0.15, -0.1) is 0 Å². The minimum Gasteiger partial charge on any atom is -0.381 e. The van der Waals surface area contributed by atoms with Crippen LogP contribution in [0.1, 0.15) is 20.3 Å². The van der Waals surface area contributed by atoms with E-state index >= 15 is 0 Å². The van der Waals surface area contributed by atoms with Crippen LogP contribution in [0.25, 0.3) is 10.9 Å². The molecule has 100 valence electrons. The molecule has 3 heteroatoms. The molecule has 1 unspecified atom stereocenters. The van der Waals surface area contributed by atoms with Crippen LogP contribution in [-0.2, 0) is 0 Å². The van der Waals surface area contributed by atoms with Crippen LogP contribution in [0, 0.1) is 0 Å². The molecule has 1 aliphatic rings. The van der Waals surface area contributed by atoms with E-state index in [9.17, 15) is 0 Å². The third-order valence-corrected chi connectivity index (χ3v) is 3.92. The van der Waals surface area contributed by atoms with Crippen molar-refractivity contribution in [3.63, 3.8) is 0 Å². The third kappa shape index (κ3) is 2.71. The number of aromatic nitrogens is 1. The zero-order chi connectivity index (χ0) is 13.2. The molecule has 1 saturated heterocycles. The van der Waals surface area contributed by atoms with Crippen LogP contribution >= 0.6 is 0 Å². The van der Waals surface area contributed by atoms with Gasteiger partial charge >= 0.3 is 0 Å². The molecule has 1 aliphatic heterocycles. The maximum absolute atomic E-state index is 4.35. The number of fused-ring (bicyclic) bond motifs is 1. The van der Waals surface area contributed by atoms with E-state index in [-0.39, 0.29) is 0 Å². The monoisotopic (exact) mass is 255 g/mol. The number of nitrogens with one attached hydrogen (secondary N) is 1. The second kappa shape index (κ2) is 5.17. The van der Waals surface area contributed by atoms with E-state index < -0.39 is 0 Å². The van der Waals surface area contributed by atoms with Crippen LogP contribution < -0.4 is 5.32 Å². The highest BCUT2D eigenvalue weighted by Gasteiger charge is 2.23. The maximum atomic E-state index is 4.35. The van der Waals surface area contributed by atoms with Crippen LogP contribution in [0.2, 0.25) is 0 Å². The summed E-state index contributed by atoms with van der Waals surface area (Å²) in [6.07, 6.45) is 3.07. The highest BCUT2D eigenvalue weighted by Crippen LogP contribution is 2.21. The molecule has 1 fully saturated rings. The van der Waals surface area contributed by atoms with E-state index in [0.29, 0.717) is 12.1 Å². The summed E-state index contributed by atoms with van der Waals surface area (Å²) in [6.45, 7) is 6.88. The lowest BCUT2D eigenvalue weighted by Gasteiger charge is -2.21. The zero-order valence-electron chi connectivity index (χ0n) is 11.6. The van der Waals surface area contributed by atoms with Gasteiger partial charge in [0, 0.05) is 42.4 Å². The Kier molecular flexibility index (Phi) is 3.38. The van der Waals surface area contributed by atoms with Gasteiger partial charge in [-0.3, -0.25) is 9.88 Å². The molecule has 2 aromatic rings. The Labute approximate surface area is 114 Å². The first-order valence-corrected chi connectivity index (χ1v) is 7.08. The maximum Gasteiger partial charge on any atom is 0.0703 e. The van der Waals surface area contributed by atoms with Crippen LogP contribution in [0.5, 0.6) is 0 Å². The molecule has 0 saturated carbocycles. The number of rotatable bonds is 3. The van der Waals surface area contributed by atoms with Gasteiger partial charge < -0.3 is 5.32 Å². The van der Waals surface area contributed by atoms with Crippen LogP contribution in [0.4, 0.5) is 5.69 Å². The molecular formula is C16H21N3. The van der Waals surface area contributed by atoms with Crippen LogP contribution in [-0.4, -0.2) is 35.1 Å². The Bertz CT molecular complexity index is 565. The summed E-state index contributed by atoms with van der Waals surface area (Å²) in [5.74, 6) is 0. The van der Waals surface area contributed by atoms with Gasteiger partial charge in [-0.05, 0) is 44.5 Å². The predicted octanol–water partition coefficient (Wildman–Crippen LogP) is 3.13. The van der Waals surface area contributed by atoms with Gasteiger partial charge in [0.05, 0.1) is 5.52 Å². The smallest absolute Gasteiger partial charge is 0.0703 e. The summed E-state index contributed by atoms with van der Waals surface area (Å²) >= 11 is 0. The lowest BCUT2D eigenvalue weighted by Crippen LogP contribution is -2.31. The number of benzene rings is 1. The lowest BCUT2D eigenvalue weighted by molar-refractivity contribution is 0.274. The normalized spacial score (nSPS) is 20.3. The summed E-state index contributed by atoms with van der Waals surface area (Å²) in [7, 11) is 0. The van der Waals surface area contributed by atoms with Gasteiger partial charge in [-0.25, -0.2) is 0 Å². The van der Waals surface area contributed by atoms with Crippen molar-refractivity contribution in [3.05, 3.63) is 36.5 Å². The molecule has 1 aromatic heterocycles. The van der Waals surface area contributed by atoms with Crippen molar-refractivity contribution in [1.82, 2.24) is 9.88 Å². The molecule has 1 atom stereocenters. The van der Waals surface area contributed by atoms with E-state index in [1.165, 1.54) is 24.0 Å². The fraction of sp³-hybridized carbons (Fsp3) is 0.438. The number of anilines is 1. The van der Waals surface area contributed by atoms with Gasteiger partial charge in [0.1, 0.15) is 0 Å². The topological polar surface area (TPSA) is 28.2 Å². The lowest BCUT2D eigenvalue weighted by atomic mass is 10.2. The Hall–Kier alpha value is -1.61. The summed E-state index contributed by atoms with van der Waals surface area (Å²) in [5.41, 5.74) is 2.26. The van der Waals surface area contributed by atoms with Crippen molar-refractivity contribution in [2.24, 2.45) is 0 Å². The molecule has 0 aliphatic carbocycles. The molecule has 0 amide bonds. The Morgan fingerprint density at radius 3 is 3.00 bits per heavy atom. The molecule has 3 rings (SSSR count). The zero-order valence-corrected chi connectivity index (χ0v) is 11.6. The number of pyridine rings is 1. The summed E-state index contributed by atoms with van der Waals surface area (Å²) < 4.78 is 0. The first-order chi connectivity index (χ1) is 9.22. The highest BCUT2D eigenvalue weighted by atomic mass is 15.2. The molecule has 0 bridgehead atoms. The highest BCUT2D eigenvalue weighted by molar-refractivity contribution is 5.82. The summed E-state index contributed by atoms with van der Waals surface area (Å²) in [6, 6.07) is 11.7. The van der Waals surface area contributed by atoms with Crippen LogP contribution in [0.15, 0.2) is 36.5 Å². The second-order valence-electron chi connectivity index (χ2n) is 5.63. The average Bonchev–Trinajstić information content (AvgIpc) is 2.87.